The summed E-state index contributed by atoms with van der Waals surface area (Å²) in [6, 6.07) is 1.87. The molecule has 0 spiro atoms. The van der Waals surface area contributed by atoms with Crippen LogP contribution in [0, 0.1) is 5.92 Å². The predicted molar refractivity (Wildman–Crippen MR) is 56.8 cm³/mol. The summed E-state index contributed by atoms with van der Waals surface area (Å²) in [5, 5.41) is 0. The lowest BCUT2D eigenvalue weighted by Gasteiger charge is -2.46. The Morgan fingerprint density at radius 1 is 1.00 bits per heavy atom. The Bertz CT molecular complexity index is 161. The summed E-state index contributed by atoms with van der Waals surface area (Å²) < 4.78 is 0. The van der Waals surface area contributed by atoms with Gasteiger partial charge in [-0.05, 0) is 38.1 Å². The van der Waals surface area contributed by atoms with E-state index >= 15 is 0 Å². The topological polar surface area (TPSA) is 3.24 Å². The minimum atomic E-state index is 0.862. The molecule has 0 radical (unpaired) electrons. The minimum absolute atomic E-state index is 0.862. The third-order valence-corrected chi connectivity index (χ3v) is 3.91. The average molecular weight is 181 g/mol. The van der Waals surface area contributed by atoms with Crippen molar-refractivity contribution in [3.8, 4) is 0 Å². The lowest BCUT2D eigenvalue weighted by atomic mass is 9.84. The zero-order valence-corrected chi connectivity index (χ0v) is 9.13. The van der Waals surface area contributed by atoms with Gasteiger partial charge in [0.15, 0.2) is 0 Å². The Labute approximate surface area is 82.5 Å². The smallest absolute Gasteiger partial charge is 0.0121 e. The van der Waals surface area contributed by atoms with Crippen LogP contribution in [0.1, 0.15) is 52.4 Å². The van der Waals surface area contributed by atoms with Gasteiger partial charge in [0.2, 0.25) is 0 Å². The van der Waals surface area contributed by atoms with Crippen LogP contribution in [0.5, 0.6) is 0 Å². The zero-order chi connectivity index (χ0) is 9.26. The first-order valence-electron chi connectivity index (χ1n) is 6.05. The molecule has 1 saturated heterocycles. The molecule has 2 aliphatic rings. The van der Waals surface area contributed by atoms with Gasteiger partial charge < -0.3 is 0 Å². The Hall–Kier alpha value is -0.0400. The van der Waals surface area contributed by atoms with Gasteiger partial charge >= 0.3 is 0 Å². The quantitative estimate of drug-likeness (QED) is 0.633. The maximum Gasteiger partial charge on any atom is 0.0121 e. The zero-order valence-electron chi connectivity index (χ0n) is 9.13. The van der Waals surface area contributed by atoms with Crippen LogP contribution in [0.15, 0.2) is 0 Å². The van der Waals surface area contributed by atoms with E-state index < -0.39 is 0 Å². The first kappa shape index (κ1) is 9.51. The predicted octanol–water partition coefficient (Wildman–Crippen LogP) is 3.05. The molecule has 1 saturated carbocycles. The molecule has 1 aliphatic carbocycles. The number of nitrogens with zero attached hydrogens (tertiary/aromatic N) is 1. The summed E-state index contributed by atoms with van der Waals surface area (Å²) in [5.41, 5.74) is 0. The average Bonchev–Trinajstić information content (AvgIpc) is 2.02. The molecule has 2 fully saturated rings. The van der Waals surface area contributed by atoms with Crippen molar-refractivity contribution in [1.82, 2.24) is 4.90 Å². The molecule has 1 unspecified atom stereocenters. The van der Waals surface area contributed by atoms with Crippen LogP contribution in [0.4, 0.5) is 0 Å². The molecule has 76 valence electrons. The highest BCUT2D eigenvalue weighted by Gasteiger charge is 2.33. The van der Waals surface area contributed by atoms with Gasteiger partial charge in [0, 0.05) is 12.1 Å². The second-order valence-electron chi connectivity index (χ2n) is 5.13. The molecular weight excluding hydrogens is 158 g/mol. The molecule has 0 aromatic carbocycles. The van der Waals surface area contributed by atoms with E-state index in [9.17, 15) is 0 Å². The molecule has 0 amide bonds. The fraction of sp³-hybridized carbons (Fsp3) is 1.00. The van der Waals surface area contributed by atoms with Crippen molar-refractivity contribution in [3.05, 3.63) is 0 Å². The van der Waals surface area contributed by atoms with Gasteiger partial charge in [0.05, 0.1) is 0 Å². The normalized spacial score (nSPS) is 32.1. The summed E-state index contributed by atoms with van der Waals surface area (Å²) in [6.45, 7) is 6.16. The molecule has 1 atom stereocenters. The van der Waals surface area contributed by atoms with E-state index in [1.54, 1.807) is 0 Å². The Kier molecular flexibility index (Phi) is 2.92. The van der Waals surface area contributed by atoms with Gasteiger partial charge in [-0.3, -0.25) is 4.90 Å². The van der Waals surface area contributed by atoms with Gasteiger partial charge in [-0.15, -0.1) is 0 Å². The van der Waals surface area contributed by atoms with Crippen LogP contribution in [-0.4, -0.2) is 23.5 Å². The van der Waals surface area contributed by atoms with Crippen molar-refractivity contribution in [2.45, 2.75) is 64.5 Å². The maximum absolute atomic E-state index is 2.82. The number of hydrogen-bond acceptors (Lipinski definition) is 1. The molecule has 0 bridgehead atoms. The molecule has 0 N–H and O–H groups in total. The van der Waals surface area contributed by atoms with Crippen molar-refractivity contribution in [2.75, 3.05) is 6.54 Å². The van der Waals surface area contributed by atoms with Gasteiger partial charge in [-0.2, -0.15) is 0 Å². The van der Waals surface area contributed by atoms with Gasteiger partial charge in [-0.25, -0.2) is 0 Å². The molecular formula is C12H23N. The fourth-order valence-corrected chi connectivity index (χ4v) is 2.87. The Morgan fingerprint density at radius 3 is 2.31 bits per heavy atom. The number of rotatable bonds is 2. The summed E-state index contributed by atoms with van der Waals surface area (Å²) >= 11 is 0. The van der Waals surface area contributed by atoms with Gasteiger partial charge in [0.1, 0.15) is 0 Å². The first-order chi connectivity index (χ1) is 6.29. The summed E-state index contributed by atoms with van der Waals surface area (Å²) in [5.74, 6) is 0.862. The van der Waals surface area contributed by atoms with Crippen LogP contribution >= 0.6 is 0 Å². The Balaban J connectivity index is 1.95. The summed E-state index contributed by atoms with van der Waals surface area (Å²) in [4.78, 5) is 2.82. The van der Waals surface area contributed by atoms with Crippen LogP contribution < -0.4 is 0 Å². The van der Waals surface area contributed by atoms with E-state index in [-0.39, 0.29) is 0 Å². The number of piperidine rings is 1. The SMILES string of the molecule is CC(C)C1CCCCN1C1CCC1. The molecule has 0 aromatic rings. The van der Waals surface area contributed by atoms with Gasteiger partial charge in [-0.1, -0.05) is 26.7 Å². The van der Waals surface area contributed by atoms with Crippen molar-refractivity contribution >= 4 is 0 Å². The van der Waals surface area contributed by atoms with E-state index in [0.717, 1.165) is 18.0 Å². The van der Waals surface area contributed by atoms with Crippen LogP contribution in [0.2, 0.25) is 0 Å². The molecule has 1 nitrogen and oxygen atoms in total. The Morgan fingerprint density at radius 2 is 1.77 bits per heavy atom. The molecule has 0 aromatic heterocycles. The molecule has 2 rings (SSSR count). The largest absolute Gasteiger partial charge is 0.297 e. The second kappa shape index (κ2) is 4.00. The van der Waals surface area contributed by atoms with E-state index in [4.69, 9.17) is 0 Å². The third-order valence-electron chi connectivity index (χ3n) is 3.91. The van der Waals surface area contributed by atoms with E-state index in [1.165, 1.54) is 45.1 Å². The molecule has 1 aliphatic heterocycles. The molecule has 1 heteroatoms. The highest BCUT2D eigenvalue weighted by Crippen LogP contribution is 2.32. The molecule has 1 heterocycles. The summed E-state index contributed by atoms with van der Waals surface area (Å²) in [6.07, 6.45) is 8.79. The third kappa shape index (κ3) is 1.90. The van der Waals surface area contributed by atoms with Crippen LogP contribution in [0.3, 0.4) is 0 Å². The minimum Gasteiger partial charge on any atom is -0.297 e. The summed E-state index contributed by atoms with van der Waals surface area (Å²) in [7, 11) is 0. The maximum atomic E-state index is 2.82. The van der Waals surface area contributed by atoms with Crippen molar-refractivity contribution in [2.24, 2.45) is 5.92 Å². The highest BCUT2D eigenvalue weighted by atomic mass is 15.2. The van der Waals surface area contributed by atoms with E-state index in [0.29, 0.717) is 0 Å². The molecule has 13 heavy (non-hydrogen) atoms. The van der Waals surface area contributed by atoms with Crippen LogP contribution in [-0.2, 0) is 0 Å². The van der Waals surface area contributed by atoms with Crippen molar-refractivity contribution < 1.29 is 0 Å². The lowest BCUT2D eigenvalue weighted by Crippen LogP contribution is -2.51. The van der Waals surface area contributed by atoms with Crippen molar-refractivity contribution in [1.29, 1.82) is 0 Å². The lowest BCUT2D eigenvalue weighted by molar-refractivity contribution is 0.0299. The number of hydrogen-bond donors (Lipinski definition) is 0. The highest BCUT2D eigenvalue weighted by molar-refractivity contribution is 4.88. The van der Waals surface area contributed by atoms with E-state index in [2.05, 4.69) is 18.7 Å². The monoisotopic (exact) mass is 181 g/mol. The second-order valence-corrected chi connectivity index (χ2v) is 5.13. The van der Waals surface area contributed by atoms with Gasteiger partial charge in [0.25, 0.3) is 0 Å². The van der Waals surface area contributed by atoms with E-state index in [1.807, 2.05) is 0 Å². The van der Waals surface area contributed by atoms with Crippen LogP contribution in [0.25, 0.3) is 0 Å². The first-order valence-corrected chi connectivity index (χ1v) is 6.05. The number of likely N-dealkylation sites (tertiary alicyclic amines) is 1. The standard InChI is InChI=1S/C12H23N/c1-10(2)12-8-3-4-9-13(12)11-6-5-7-11/h10-12H,3-9H2,1-2H3. The van der Waals surface area contributed by atoms with Crippen molar-refractivity contribution in [3.63, 3.8) is 0 Å². The fourth-order valence-electron chi connectivity index (χ4n) is 2.87.